The lowest BCUT2D eigenvalue weighted by molar-refractivity contribution is 0.0989. The maximum absolute atomic E-state index is 13.2. The van der Waals surface area contributed by atoms with Gasteiger partial charge in [0, 0.05) is 30.9 Å². The largest absolute Gasteiger partial charge is 0.369 e. The van der Waals surface area contributed by atoms with Crippen LogP contribution in [0.25, 0.3) is 0 Å². The van der Waals surface area contributed by atoms with Gasteiger partial charge in [0.1, 0.15) is 5.82 Å². The van der Waals surface area contributed by atoms with Gasteiger partial charge in [-0.3, -0.25) is 4.90 Å². The van der Waals surface area contributed by atoms with Gasteiger partial charge < -0.3 is 15.2 Å². The number of nitrogens with zero attached hydrogens (tertiary/aromatic N) is 6. The minimum Gasteiger partial charge on any atom is -0.369 e. The first-order chi connectivity index (χ1) is 15.3. The van der Waals surface area contributed by atoms with Gasteiger partial charge in [-0.15, -0.1) is 0 Å². The summed E-state index contributed by atoms with van der Waals surface area (Å²) in [4.78, 5) is 13.8. The Morgan fingerprint density at radius 3 is 2.39 bits per heavy atom. The highest BCUT2D eigenvalue weighted by Gasteiger charge is 2.44. The zero-order chi connectivity index (χ0) is 24.6. The molecular weight excluding hydrogens is 438 g/mol. The van der Waals surface area contributed by atoms with Gasteiger partial charge in [0.15, 0.2) is 5.66 Å². The van der Waals surface area contributed by atoms with Crippen LogP contribution in [0.4, 0.5) is 0 Å². The summed E-state index contributed by atoms with van der Waals surface area (Å²) in [6.45, 7) is 12.0. The molecule has 1 aromatic heterocycles. The molecule has 0 amide bonds. The van der Waals surface area contributed by atoms with Gasteiger partial charge in [0.2, 0.25) is 16.0 Å². The zero-order valence-corrected chi connectivity index (χ0v) is 22.1. The van der Waals surface area contributed by atoms with E-state index in [0.717, 1.165) is 41.8 Å². The van der Waals surface area contributed by atoms with Gasteiger partial charge >= 0.3 is 0 Å². The van der Waals surface area contributed by atoms with Crippen LogP contribution >= 0.6 is 0 Å². The molecule has 0 spiro atoms. The van der Waals surface area contributed by atoms with Crippen molar-refractivity contribution in [2.75, 3.05) is 32.9 Å². The maximum atomic E-state index is 13.2. The van der Waals surface area contributed by atoms with Crippen LogP contribution in [0.5, 0.6) is 0 Å². The molecule has 0 aliphatic carbocycles. The van der Waals surface area contributed by atoms with Gasteiger partial charge in [-0.05, 0) is 74.1 Å². The number of sulfonamides is 1. The Morgan fingerprint density at radius 2 is 1.85 bits per heavy atom. The lowest BCUT2D eigenvalue weighted by Crippen LogP contribution is -2.53. The zero-order valence-electron chi connectivity index (χ0n) is 21.2. The number of aliphatic imine (C=N–C) groups is 1. The molecule has 0 bridgehead atoms. The van der Waals surface area contributed by atoms with Crippen LogP contribution in [0.2, 0.25) is 0 Å². The van der Waals surface area contributed by atoms with Crippen molar-refractivity contribution in [3.05, 3.63) is 30.0 Å². The van der Waals surface area contributed by atoms with Crippen LogP contribution in [0.3, 0.4) is 0 Å². The molecule has 3 rings (SSSR count). The van der Waals surface area contributed by atoms with Crippen LogP contribution in [-0.2, 0) is 15.7 Å². The third-order valence-corrected chi connectivity index (χ3v) is 8.78. The van der Waals surface area contributed by atoms with Gasteiger partial charge in [0.25, 0.3) is 0 Å². The summed E-state index contributed by atoms with van der Waals surface area (Å²) in [7, 11) is 0.248. The summed E-state index contributed by atoms with van der Waals surface area (Å²) in [5, 5.41) is 0. The molecule has 33 heavy (non-hydrogen) atoms. The number of piperidine rings is 1. The first kappa shape index (κ1) is 25.7. The van der Waals surface area contributed by atoms with E-state index >= 15 is 0 Å². The van der Waals surface area contributed by atoms with Crippen molar-refractivity contribution in [3.63, 3.8) is 0 Å². The molecule has 10 heteroatoms. The smallest absolute Gasteiger partial charge is 0.241 e. The Balaban J connectivity index is 2.00. The first-order valence-electron chi connectivity index (χ1n) is 11.9. The van der Waals surface area contributed by atoms with E-state index in [4.69, 9.17) is 10.7 Å². The number of hydrogen-bond donors (Lipinski definition) is 1. The molecule has 1 fully saturated rings. The molecule has 2 N–H and O–H groups in total. The van der Waals surface area contributed by atoms with E-state index in [1.54, 1.807) is 6.20 Å². The highest BCUT2D eigenvalue weighted by atomic mass is 32.2. The summed E-state index contributed by atoms with van der Waals surface area (Å²) in [6, 6.07) is 0.184. The summed E-state index contributed by atoms with van der Waals surface area (Å²) < 4.78 is 29.8. The van der Waals surface area contributed by atoms with Crippen LogP contribution in [0.1, 0.15) is 70.9 Å². The maximum Gasteiger partial charge on any atom is 0.241 e. The standard InChI is InChI=1S/C23H41N7O2S/c1-18(2)30-19(3)25-17-20(30)23(28-13-9-8-10-14-28)11-15-29(21(24)26-23)33(31,32)16-12-22(4,5)27(6)7/h11,15,17-18H,8-10,12-14,16H2,1-7H3,(H2,24,26). The van der Waals surface area contributed by atoms with Crippen molar-refractivity contribution in [2.24, 2.45) is 10.7 Å². The molecule has 1 unspecified atom stereocenters. The average molecular weight is 480 g/mol. The van der Waals surface area contributed by atoms with Crippen LogP contribution in [0.15, 0.2) is 23.5 Å². The molecule has 3 heterocycles. The second kappa shape index (κ2) is 9.38. The molecule has 9 nitrogen and oxygen atoms in total. The monoisotopic (exact) mass is 479 g/mol. The molecule has 0 saturated carbocycles. The molecule has 1 aromatic rings. The third-order valence-electron chi connectivity index (χ3n) is 7.15. The number of rotatable bonds is 8. The second-order valence-electron chi connectivity index (χ2n) is 10.3. The van der Waals surface area contributed by atoms with Crippen molar-refractivity contribution in [3.8, 4) is 0 Å². The quantitative estimate of drug-likeness (QED) is 0.615. The van der Waals surface area contributed by atoms with Gasteiger partial charge in [-0.25, -0.2) is 22.7 Å². The minimum absolute atomic E-state index is 0.000100. The predicted octanol–water partition coefficient (Wildman–Crippen LogP) is 2.62. The van der Waals surface area contributed by atoms with E-state index in [2.05, 4.69) is 28.3 Å². The summed E-state index contributed by atoms with van der Waals surface area (Å²) in [5.41, 5.74) is 6.19. The van der Waals surface area contributed by atoms with E-state index < -0.39 is 15.7 Å². The summed E-state index contributed by atoms with van der Waals surface area (Å²) in [5.74, 6) is 0.887. The number of guanidine groups is 1. The third kappa shape index (κ3) is 4.97. The lowest BCUT2D eigenvalue weighted by atomic mass is 9.99. The summed E-state index contributed by atoms with van der Waals surface area (Å²) >= 11 is 0. The van der Waals surface area contributed by atoms with Crippen molar-refractivity contribution >= 4 is 16.0 Å². The first-order valence-corrected chi connectivity index (χ1v) is 13.5. The average Bonchev–Trinajstić information content (AvgIpc) is 3.15. The molecular formula is C23H41N7O2S. The SMILES string of the molecule is Cc1ncc(C2(N3CCCCC3)C=CN(S(=O)(=O)CCC(C)(C)N(C)C)C(N)=N2)n1C(C)C. The molecule has 0 radical (unpaired) electrons. The molecule has 186 valence electrons. The lowest BCUT2D eigenvalue weighted by Gasteiger charge is -2.44. The van der Waals surface area contributed by atoms with Crippen molar-refractivity contribution < 1.29 is 8.42 Å². The van der Waals surface area contributed by atoms with E-state index in [1.165, 1.54) is 6.42 Å². The van der Waals surface area contributed by atoms with E-state index in [0.29, 0.717) is 6.42 Å². The van der Waals surface area contributed by atoms with E-state index in [-0.39, 0.29) is 23.3 Å². The highest BCUT2D eigenvalue weighted by molar-refractivity contribution is 7.89. The van der Waals surface area contributed by atoms with Gasteiger partial charge in [-0.1, -0.05) is 6.42 Å². The van der Waals surface area contributed by atoms with Crippen molar-refractivity contribution in [1.29, 1.82) is 0 Å². The molecule has 1 atom stereocenters. The van der Waals surface area contributed by atoms with Gasteiger partial charge in [0.05, 0.1) is 17.6 Å². The number of aryl methyl sites for hydroxylation is 1. The Kier molecular flexibility index (Phi) is 7.31. The second-order valence-corrected chi connectivity index (χ2v) is 12.2. The van der Waals surface area contributed by atoms with Gasteiger partial charge in [-0.2, -0.15) is 0 Å². The normalized spacial score (nSPS) is 22.9. The van der Waals surface area contributed by atoms with Crippen LogP contribution < -0.4 is 5.73 Å². The molecule has 2 aliphatic heterocycles. The fourth-order valence-electron chi connectivity index (χ4n) is 4.54. The molecule has 2 aliphatic rings. The van der Waals surface area contributed by atoms with E-state index in [9.17, 15) is 8.42 Å². The number of hydrogen-bond acceptors (Lipinski definition) is 7. The molecule has 0 aromatic carbocycles. The number of likely N-dealkylation sites (tertiary alicyclic amines) is 1. The van der Waals surface area contributed by atoms with Crippen LogP contribution in [0, 0.1) is 6.92 Å². The van der Waals surface area contributed by atoms with Crippen molar-refractivity contribution in [1.82, 2.24) is 23.7 Å². The number of imidazole rings is 1. The van der Waals surface area contributed by atoms with Crippen LogP contribution in [-0.4, -0.2) is 76.5 Å². The number of nitrogens with two attached hydrogens (primary N) is 1. The van der Waals surface area contributed by atoms with E-state index in [1.807, 2.05) is 52.0 Å². The Labute approximate surface area is 199 Å². The summed E-state index contributed by atoms with van der Waals surface area (Å²) in [6.07, 6.45) is 9.15. The Hall–Kier alpha value is -1.91. The number of aromatic nitrogens is 2. The van der Waals surface area contributed by atoms with Crippen molar-refractivity contribution in [2.45, 2.75) is 77.5 Å². The topological polar surface area (TPSA) is 100 Å². The fourth-order valence-corrected chi connectivity index (χ4v) is 6.06. The predicted molar refractivity (Wildman–Crippen MR) is 133 cm³/mol. The Morgan fingerprint density at radius 1 is 1.21 bits per heavy atom. The molecule has 1 saturated heterocycles. The highest BCUT2D eigenvalue weighted by Crippen LogP contribution is 2.38. The Bertz CT molecular complexity index is 1000. The fraction of sp³-hybridized carbons (Fsp3) is 0.739. The minimum atomic E-state index is -3.66.